The average Bonchev–Trinajstić information content (AvgIpc) is 2.87. The third kappa shape index (κ3) is 6.83. The van der Waals surface area contributed by atoms with Crippen molar-refractivity contribution in [1.82, 2.24) is 4.90 Å². The predicted molar refractivity (Wildman–Crippen MR) is 130 cm³/mol. The summed E-state index contributed by atoms with van der Waals surface area (Å²) in [4.78, 5) is 27.0. The lowest BCUT2D eigenvalue weighted by molar-refractivity contribution is -0.141. The first-order valence-electron chi connectivity index (χ1n) is 10.7. The number of hydrogen-bond acceptors (Lipinski definition) is 7. The van der Waals surface area contributed by atoms with Gasteiger partial charge in [-0.1, -0.05) is 30.3 Å². The Labute approximate surface area is 205 Å². The molecule has 0 atom stereocenters. The van der Waals surface area contributed by atoms with Crippen LogP contribution in [0.15, 0.2) is 77.7 Å². The normalized spacial score (nSPS) is 10.9. The minimum atomic E-state index is -3.59. The second kappa shape index (κ2) is 11.5. The Bertz CT molecular complexity index is 1270. The molecule has 0 aliphatic heterocycles. The van der Waals surface area contributed by atoms with E-state index in [4.69, 9.17) is 14.2 Å². The minimum Gasteiger partial charge on any atom is -0.497 e. The number of esters is 1. The number of methoxy groups -OCH3 is 3. The molecule has 3 aromatic carbocycles. The molecule has 184 valence electrons. The molecule has 0 saturated heterocycles. The van der Waals surface area contributed by atoms with Crippen molar-refractivity contribution in [3.63, 3.8) is 0 Å². The maximum Gasteiger partial charge on any atom is 0.325 e. The summed E-state index contributed by atoms with van der Waals surface area (Å²) in [7, 11) is 0.692. The third-order valence-electron chi connectivity index (χ3n) is 5.25. The fourth-order valence-corrected chi connectivity index (χ4v) is 4.86. The van der Waals surface area contributed by atoms with E-state index < -0.39 is 21.7 Å². The zero-order chi connectivity index (χ0) is 25.4. The van der Waals surface area contributed by atoms with Crippen molar-refractivity contribution in [2.45, 2.75) is 17.2 Å². The standard InChI is InChI=1S/C26H27NO7S/c1-32-22-13-20(14-23(15-22)33-2)16-27(17-25(28)34-3)26(29)21-9-7-8-19(12-21)18-35(30,31)24-10-5-4-6-11-24/h4-15H,16-18H2,1-3H3. The van der Waals surface area contributed by atoms with Gasteiger partial charge in [0.05, 0.1) is 32.0 Å². The lowest BCUT2D eigenvalue weighted by Crippen LogP contribution is -2.35. The van der Waals surface area contributed by atoms with Crippen LogP contribution in [0.3, 0.4) is 0 Å². The number of hydrogen-bond donors (Lipinski definition) is 0. The van der Waals surface area contributed by atoms with Crippen molar-refractivity contribution < 1.29 is 32.2 Å². The molecule has 1 amide bonds. The van der Waals surface area contributed by atoms with Crippen molar-refractivity contribution in [1.29, 1.82) is 0 Å². The number of amides is 1. The van der Waals surface area contributed by atoms with Gasteiger partial charge < -0.3 is 19.1 Å². The van der Waals surface area contributed by atoms with Gasteiger partial charge in [-0.15, -0.1) is 0 Å². The molecule has 8 nitrogen and oxygen atoms in total. The van der Waals surface area contributed by atoms with E-state index in [9.17, 15) is 18.0 Å². The van der Waals surface area contributed by atoms with E-state index in [0.29, 0.717) is 22.6 Å². The van der Waals surface area contributed by atoms with E-state index in [1.165, 1.54) is 44.4 Å². The molecule has 3 aromatic rings. The Morgan fingerprint density at radius 3 is 2.06 bits per heavy atom. The van der Waals surface area contributed by atoms with Crippen molar-refractivity contribution in [2.75, 3.05) is 27.9 Å². The molecule has 35 heavy (non-hydrogen) atoms. The lowest BCUT2D eigenvalue weighted by atomic mass is 10.1. The zero-order valence-corrected chi connectivity index (χ0v) is 20.6. The highest BCUT2D eigenvalue weighted by Gasteiger charge is 2.22. The molecule has 3 rings (SSSR count). The Kier molecular flexibility index (Phi) is 8.48. The van der Waals surface area contributed by atoms with Gasteiger partial charge in [0.25, 0.3) is 5.91 Å². The van der Waals surface area contributed by atoms with E-state index in [-0.39, 0.29) is 29.3 Å². The highest BCUT2D eigenvalue weighted by atomic mass is 32.2. The molecule has 0 fully saturated rings. The average molecular weight is 498 g/mol. The molecular weight excluding hydrogens is 470 g/mol. The number of benzene rings is 3. The Hall–Kier alpha value is -3.85. The number of carbonyl (C=O) groups is 2. The van der Waals surface area contributed by atoms with E-state index in [0.717, 1.165) is 0 Å². The highest BCUT2D eigenvalue weighted by Crippen LogP contribution is 2.24. The van der Waals surface area contributed by atoms with Crippen LogP contribution < -0.4 is 9.47 Å². The molecule has 0 aliphatic carbocycles. The number of sulfone groups is 1. The van der Waals surface area contributed by atoms with Crippen molar-refractivity contribution in [2.24, 2.45) is 0 Å². The van der Waals surface area contributed by atoms with Crippen LogP contribution in [0, 0.1) is 0 Å². The summed E-state index contributed by atoms with van der Waals surface area (Å²) in [6.07, 6.45) is 0. The minimum absolute atomic E-state index is 0.0774. The Morgan fingerprint density at radius 1 is 0.800 bits per heavy atom. The van der Waals surface area contributed by atoms with Crippen LogP contribution in [-0.4, -0.2) is 53.1 Å². The van der Waals surface area contributed by atoms with Crippen molar-refractivity contribution in [3.05, 3.63) is 89.5 Å². The topological polar surface area (TPSA) is 99.2 Å². The van der Waals surface area contributed by atoms with E-state index >= 15 is 0 Å². The quantitative estimate of drug-likeness (QED) is 0.395. The van der Waals surface area contributed by atoms with Crippen LogP contribution >= 0.6 is 0 Å². The number of nitrogens with zero attached hydrogens (tertiary/aromatic N) is 1. The Morgan fingerprint density at radius 2 is 1.46 bits per heavy atom. The fraction of sp³-hybridized carbons (Fsp3) is 0.231. The SMILES string of the molecule is COC(=O)CN(Cc1cc(OC)cc(OC)c1)C(=O)c1cccc(CS(=O)(=O)c2ccccc2)c1. The smallest absolute Gasteiger partial charge is 0.325 e. The van der Waals surface area contributed by atoms with E-state index in [2.05, 4.69) is 0 Å². The van der Waals surface area contributed by atoms with Crippen molar-refractivity contribution >= 4 is 21.7 Å². The van der Waals surface area contributed by atoms with Crippen molar-refractivity contribution in [3.8, 4) is 11.5 Å². The summed E-state index contributed by atoms with van der Waals surface area (Å²) >= 11 is 0. The van der Waals surface area contributed by atoms with Gasteiger partial charge >= 0.3 is 5.97 Å². The third-order valence-corrected chi connectivity index (χ3v) is 6.96. The largest absolute Gasteiger partial charge is 0.497 e. The van der Waals surface area contributed by atoms with Crippen LogP contribution in [0.1, 0.15) is 21.5 Å². The molecule has 0 aliphatic rings. The molecule has 0 heterocycles. The summed E-state index contributed by atoms with van der Waals surface area (Å²) < 4.78 is 40.9. The van der Waals surface area contributed by atoms with Gasteiger partial charge in [0.15, 0.2) is 9.84 Å². The van der Waals surface area contributed by atoms with Crippen LogP contribution in [-0.2, 0) is 31.7 Å². The molecule has 0 radical (unpaired) electrons. The second-order valence-corrected chi connectivity index (χ2v) is 9.72. The second-order valence-electron chi connectivity index (χ2n) is 7.73. The van der Waals surface area contributed by atoms with Gasteiger partial charge in [-0.05, 0) is 47.5 Å². The van der Waals surface area contributed by atoms with Crippen LogP contribution in [0.5, 0.6) is 11.5 Å². The number of carbonyl (C=O) groups excluding carboxylic acids is 2. The molecule has 0 bridgehead atoms. The summed E-state index contributed by atoms with van der Waals surface area (Å²) in [5, 5.41) is 0. The first kappa shape index (κ1) is 25.8. The number of rotatable bonds is 10. The molecule has 0 saturated carbocycles. The maximum atomic E-state index is 13.4. The van der Waals surface area contributed by atoms with Gasteiger partial charge in [0.2, 0.25) is 0 Å². The highest BCUT2D eigenvalue weighted by molar-refractivity contribution is 7.90. The summed E-state index contributed by atoms with van der Waals surface area (Å²) in [6.45, 7) is -0.213. The monoisotopic (exact) mass is 497 g/mol. The molecule has 0 unspecified atom stereocenters. The molecular formula is C26H27NO7S. The fourth-order valence-electron chi connectivity index (χ4n) is 3.51. The summed E-state index contributed by atoms with van der Waals surface area (Å²) in [6, 6.07) is 19.7. The molecule has 0 N–H and O–H groups in total. The van der Waals surface area contributed by atoms with E-state index in [1.807, 2.05) is 0 Å². The van der Waals surface area contributed by atoms with Gasteiger partial charge in [0.1, 0.15) is 18.0 Å². The van der Waals surface area contributed by atoms with Gasteiger partial charge in [-0.3, -0.25) is 9.59 Å². The lowest BCUT2D eigenvalue weighted by Gasteiger charge is -2.22. The predicted octanol–water partition coefficient (Wildman–Crippen LogP) is 3.49. The van der Waals surface area contributed by atoms with E-state index in [1.54, 1.807) is 54.6 Å². The van der Waals surface area contributed by atoms with Gasteiger partial charge in [-0.25, -0.2) is 8.42 Å². The Balaban J connectivity index is 1.89. The van der Waals surface area contributed by atoms with Gasteiger partial charge in [0, 0.05) is 18.2 Å². The molecule has 0 aromatic heterocycles. The van der Waals surface area contributed by atoms with Crippen LogP contribution in [0.2, 0.25) is 0 Å². The van der Waals surface area contributed by atoms with Crippen LogP contribution in [0.25, 0.3) is 0 Å². The first-order chi connectivity index (χ1) is 16.7. The molecule has 9 heteroatoms. The van der Waals surface area contributed by atoms with Crippen LogP contribution in [0.4, 0.5) is 0 Å². The maximum absolute atomic E-state index is 13.4. The summed E-state index contributed by atoms with van der Waals surface area (Å²) in [5.74, 6) is -0.217. The summed E-state index contributed by atoms with van der Waals surface area (Å²) in [5.41, 5.74) is 1.39. The zero-order valence-electron chi connectivity index (χ0n) is 19.8. The molecule has 0 spiro atoms. The first-order valence-corrected chi connectivity index (χ1v) is 12.4. The van der Waals surface area contributed by atoms with Gasteiger partial charge in [-0.2, -0.15) is 0 Å². The number of ether oxygens (including phenoxy) is 3.